The van der Waals surface area contributed by atoms with Gasteiger partial charge in [0.05, 0.1) is 6.26 Å². The molecule has 13 heavy (non-hydrogen) atoms. The SMILES string of the molecule is C=COC(=O)C[C@H]1C[C@@H]2CC[C@H]1C2. The molecule has 0 radical (unpaired) electrons. The Balaban J connectivity index is 1.82. The minimum atomic E-state index is -0.104. The maximum absolute atomic E-state index is 11.2. The number of fused-ring (bicyclic) bond motifs is 2. The molecule has 2 heteroatoms. The second kappa shape index (κ2) is 3.52. The van der Waals surface area contributed by atoms with Crippen LogP contribution in [-0.4, -0.2) is 5.97 Å². The minimum Gasteiger partial charge on any atom is -0.435 e. The van der Waals surface area contributed by atoms with E-state index >= 15 is 0 Å². The molecular weight excluding hydrogens is 164 g/mol. The largest absolute Gasteiger partial charge is 0.435 e. The van der Waals surface area contributed by atoms with E-state index in [2.05, 4.69) is 6.58 Å². The van der Waals surface area contributed by atoms with Crippen LogP contribution in [0.15, 0.2) is 12.8 Å². The summed E-state index contributed by atoms with van der Waals surface area (Å²) in [5, 5.41) is 0. The van der Waals surface area contributed by atoms with Gasteiger partial charge in [-0.1, -0.05) is 13.0 Å². The molecule has 2 aliphatic carbocycles. The Hall–Kier alpha value is -0.790. The second-order valence-electron chi connectivity index (χ2n) is 4.30. The number of ether oxygens (including phenoxy) is 1. The third-order valence-electron chi connectivity index (χ3n) is 3.53. The first-order valence-electron chi connectivity index (χ1n) is 5.10. The fourth-order valence-electron chi connectivity index (χ4n) is 2.98. The lowest BCUT2D eigenvalue weighted by Crippen LogP contribution is -2.15. The normalized spacial score (nSPS) is 36.2. The molecule has 72 valence electrons. The van der Waals surface area contributed by atoms with Gasteiger partial charge in [0.2, 0.25) is 0 Å². The fraction of sp³-hybridized carbons (Fsp3) is 0.727. The van der Waals surface area contributed by atoms with E-state index in [-0.39, 0.29) is 5.97 Å². The smallest absolute Gasteiger partial charge is 0.310 e. The average Bonchev–Trinajstić information content (AvgIpc) is 2.65. The summed E-state index contributed by atoms with van der Waals surface area (Å²) in [6, 6.07) is 0. The van der Waals surface area contributed by atoms with Crippen molar-refractivity contribution in [2.24, 2.45) is 17.8 Å². The molecule has 0 aromatic carbocycles. The van der Waals surface area contributed by atoms with Crippen molar-refractivity contribution in [3.05, 3.63) is 12.8 Å². The predicted molar refractivity (Wildman–Crippen MR) is 49.8 cm³/mol. The van der Waals surface area contributed by atoms with Gasteiger partial charge in [-0.25, -0.2) is 0 Å². The van der Waals surface area contributed by atoms with Crippen molar-refractivity contribution < 1.29 is 9.53 Å². The Morgan fingerprint density at radius 2 is 2.31 bits per heavy atom. The van der Waals surface area contributed by atoms with Gasteiger partial charge in [-0.2, -0.15) is 0 Å². The molecule has 0 unspecified atom stereocenters. The molecule has 0 heterocycles. The number of esters is 1. The molecule has 0 aromatic heterocycles. The van der Waals surface area contributed by atoms with Crippen LogP contribution in [0.5, 0.6) is 0 Å². The topological polar surface area (TPSA) is 26.3 Å². The quantitative estimate of drug-likeness (QED) is 0.492. The molecule has 2 rings (SSSR count). The third kappa shape index (κ3) is 1.77. The molecule has 0 N–H and O–H groups in total. The summed E-state index contributed by atoms with van der Waals surface area (Å²) in [6.45, 7) is 3.38. The Labute approximate surface area is 79.0 Å². The molecular formula is C11H16O2. The molecule has 2 fully saturated rings. The van der Waals surface area contributed by atoms with Crippen molar-refractivity contribution in [3.8, 4) is 0 Å². The average molecular weight is 180 g/mol. The Kier molecular flexibility index (Phi) is 2.38. The van der Waals surface area contributed by atoms with Gasteiger partial charge in [-0.05, 0) is 37.0 Å². The molecule has 2 saturated carbocycles. The van der Waals surface area contributed by atoms with Crippen LogP contribution < -0.4 is 0 Å². The number of rotatable bonds is 3. The first-order chi connectivity index (χ1) is 6.29. The number of hydrogen-bond donors (Lipinski definition) is 0. The van der Waals surface area contributed by atoms with Crippen molar-refractivity contribution >= 4 is 5.97 Å². The Bertz CT molecular complexity index is 222. The molecule has 2 nitrogen and oxygen atoms in total. The summed E-state index contributed by atoms with van der Waals surface area (Å²) in [4.78, 5) is 11.2. The monoisotopic (exact) mass is 180 g/mol. The van der Waals surface area contributed by atoms with E-state index < -0.39 is 0 Å². The highest BCUT2D eigenvalue weighted by Gasteiger charge is 2.40. The zero-order valence-corrected chi connectivity index (χ0v) is 7.87. The summed E-state index contributed by atoms with van der Waals surface area (Å²) in [6.07, 6.45) is 7.15. The van der Waals surface area contributed by atoms with Crippen LogP contribution in [0, 0.1) is 17.8 Å². The summed E-state index contributed by atoms with van der Waals surface area (Å²) >= 11 is 0. The van der Waals surface area contributed by atoms with Gasteiger partial charge in [0.25, 0.3) is 0 Å². The van der Waals surface area contributed by atoms with Crippen molar-refractivity contribution in [1.29, 1.82) is 0 Å². The van der Waals surface area contributed by atoms with Gasteiger partial charge in [-0.15, -0.1) is 0 Å². The van der Waals surface area contributed by atoms with Crippen molar-refractivity contribution in [3.63, 3.8) is 0 Å². The van der Waals surface area contributed by atoms with Crippen molar-refractivity contribution in [2.45, 2.75) is 32.1 Å². The minimum absolute atomic E-state index is 0.104. The van der Waals surface area contributed by atoms with E-state index in [4.69, 9.17) is 4.74 Å². The highest BCUT2D eigenvalue weighted by atomic mass is 16.5. The van der Waals surface area contributed by atoms with Gasteiger partial charge in [0.15, 0.2) is 0 Å². The Morgan fingerprint density at radius 1 is 1.46 bits per heavy atom. The standard InChI is InChI=1S/C11H16O2/c1-2-13-11(12)7-10-6-8-3-4-9(10)5-8/h2,8-10H,1,3-7H2/t8-,9+,10-/m1/s1. The molecule has 0 aromatic rings. The highest BCUT2D eigenvalue weighted by Crippen LogP contribution is 2.49. The molecule has 0 aliphatic heterocycles. The van der Waals surface area contributed by atoms with Crippen LogP contribution in [0.25, 0.3) is 0 Å². The summed E-state index contributed by atoms with van der Waals surface area (Å²) in [5.74, 6) is 2.22. The molecule has 2 bridgehead atoms. The van der Waals surface area contributed by atoms with E-state index in [0.29, 0.717) is 12.3 Å². The molecule has 3 atom stereocenters. The molecule has 0 amide bonds. The zero-order valence-electron chi connectivity index (χ0n) is 7.87. The van der Waals surface area contributed by atoms with E-state index in [9.17, 15) is 4.79 Å². The van der Waals surface area contributed by atoms with Crippen molar-refractivity contribution in [2.75, 3.05) is 0 Å². The predicted octanol–water partition coefficient (Wildman–Crippen LogP) is 2.50. The highest BCUT2D eigenvalue weighted by molar-refractivity contribution is 5.70. The van der Waals surface area contributed by atoms with E-state index in [0.717, 1.165) is 11.8 Å². The Morgan fingerprint density at radius 3 is 2.85 bits per heavy atom. The van der Waals surface area contributed by atoms with E-state index in [1.54, 1.807) is 0 Å². The lowest BCUT2D eigenvalue weighted by Gasteiger charge is -2.19. The van der Waals surface area contributed by atoms with Gasteiger partial charge >= 0.3 is 5.97 Å². The molecule has 0 spiro atoms. The van der Waals surface area contributed by atoms with Crippen LogP contribution >= 0.6 is 0 Å². The maximum atomic E-state index is 11.2. The second-order valence-corrected chi connectivity index (χ2v) is 4.30. The molecule has 2 aliphatic rings. The van der Waals surface area contributed by atoms with Crippen LogP contribution in [0.1, 0.15) is 32.1 Å². The van der Waals surface area contributed by atoms with Gasteiger partial charge in [0, 0.05) is 6.42 Å². The fourth-order valence-corrected chi connectivity index (χ4v) is 2.98. The zero-order chi connectivity index (χ0) is 9.26. The van der Waals surface area contributed by atoms with E-state index in [1.165, 1.54) is 31.9 Å². The van der Waals surface area contributed by atoms with Gasteiger partial charge in [-0.3, -0.25) is 4.79 Å². The van der Waals surface area contributed by atoms with Gasteiger partial charge in [0.1, 0.15) is 0 Å². The van der Waals surface area contributed by atoms with Crippen LogP contribution in [0.4, 0.5) is 0 Å². The third-order valence-corrected chi connectivity index (χ3v) is 3.53. The van der Waals surface area contributed by atoms with Gasteiger partial charge < -0.3 is 4.74 Å². The van der Waals surface area contributed by atoms with Crippen LogP contribution in [-0.2, 0) is 9.53 Å². The lowest BCUT2D eigenvalue weighted by molar-refractivity contribution is -0.139. The first-order valence-corrected chi connectivity index (χ1v) is 5.10. The summed E-state index contributed by atoms with van der Waals surface area (Å²) in [5.41, 5.74) is 0. The molecule has 0 saturated heterocycles. The number of carbonyl (C=O) groups excluding carboxylic acids is 1. The maximum Gasteiger partial charge on any atom is 0.310 e. The first kappa shape index (κ1) is 8.79. The number of carbonyl (C=O) groups is 1. The van der Waals surface area contributed by atoms with Crippen molar-refractivity contribution in [1.82, 2.24) is 0 Å². The number of hydrogen-bond acceptors (Lipinski definition) is 2. The van der Waals surface area contributed by atoms with E-state index in [1.807, 2.05) is 0 Å². The lowest BCUT2D eigenvalue weighted by atomic mass is 9.86. The summed E-state index contributed by atoms with van der Waals surface area (Å²) in [7, 11) is 0. The summed E-state index contributed by atoms with van der Waals surface area (Å²) < 4.78 is 4.74. The van der Waals surface area contributed by atoms with Crippen LogP contribution in [0.3, 0.4) is 0 Å². The van der Waals surface area contributed by atoms with Crippen LogP contribution in [0.2, 0.25) is 0 Å².